The van der Waals surface area contributed by atoms with Crippen molar-refractivity contribution in [2.75, 3.05) is 6.54 Å². The molecule has 1 fully saturated rings. The Balaban J connectivity index is 2.94. The van der Waals surface area contributed by atoms with Crippen LogP contribution in [-0.4, -0.2) is 31.6 Å². The molecule has 0 radical (unpaired) electrons. The summed E-state index contributed by atoms with van der Waals surface area (Å²) in [5.74, 6) is 0.172. The molecule has 0 aromatic rings. The Morgan fingerprint density at radius 1 is 1.33 bits per heavy atom. The van der Waals surface area contributed by atoms with Gasteiger partial charge in [-0.25, -0.2) is 8.42 Å². The van der Waals surface area contributed by atoms with Crippen molar-refractivity contribution < 1.29 is 21.6 Å². The van der Waals surface area contributed by atoms with Crippen LogP contribution in [0.15, 0.2) is 0 Å². The van der Waals surface area contributed by atoms with E-state index in [1.54, 1.807) is 0 Å². The molecule has 0 heterocycles. The Bertz CT molecular complexity index is 367. The second kappa shape index (κ2) is 5.77. The maximum absolute atomic E-state index is 12.8. The quantitative estimate of drug-likeness (QED) is 0.862. The molecule has 1 rings (SSSR count). The highest BCUT2D eigenvalue weighted by molar-refractivity contribution is 7.92. The van der Waals surface area contributed by atoms with Gasteiger partial charge >= 0.3 is 6.18 Å². The van der Waals surface area contributed by atoms with Gasteiger partial charge in [0, 0.05) is 0 Å². The first-order chi connectivity index (χ1) is 8.19. The van der Waals surface area contributed by atoms with Crippen LogP contribution in [0.2, 0.25) is 0 Å². The average molecular weight is 287 g/mol. The van der Waals surface area contributed by atoms with E-state index in [2.05, 4.69) is 0 Å². The first-order valence-electron chi connectivity index (χ1n) is 6.19. The van der Waals surface area contributed by atoms with Crippen molar-refractivity contribution in [1.29, 1.82) is 0 Å². The molecule has 0 aromatic heterocycles. The van der Waals surface area contributed by atoms with Gasteiger partial charge in [0.2, 0.25) is 0 Å². The fourth-order valence-corrected chi connectivity index (χ4v) is 4.97. The zero-order valence-corrected chi connectivity index (χ0v) is 11.2. The predicted molar refractivity (Wildman–Crippen MR) is 63.9 cm³/mol. The summed E-state index contributed by atoms with van der Waals surface area (Å²) in [6.45, 7) is 1.61. The molecule has 3 atom stereocenters. The van der Waals surface area contributed by atoms with Gasteiger partial charge in [-0.2, -0.15) is 13.2 Å². The third-order valence-corrected chi connectivity index (χ3v) is 6.20. The standard InChI is InChI=1S/C11H20F3NO2S/c1-8-3-2-4-9(7-8)18(16,17)10(5-6-15)11(12,13)14/h8-10H,2-7,15H2,1H3. The third kappa shape index (κ3) is 3.60. The highest BCUT2D eigenvalue weighted by Gasteiger charge is 2.50. The second-order valence-electron chi connectivity index (χ2n) is 5.09. The highest BCUT2D eigenvalue weighted by Crippen LogP contribution is 2.36. The van der Waals surface area contributed by atoms with Crippen LogP contribution in [0.1, 0.15) is 39.0 Å². The van der Waals surface area contributed by atoms with Crippen LogP contribution in [0, 0.1) is 5.92 Å². The monoisotopic (exact) mass is 287 g/mol. The topological polar surface area (TPSA) is 60.2 Å². The first kappa shape index (κ1) is 15.8. The van der Waals surface area contributed by atoms with Crippen LogP contribution in [0.25, 0.3) is 0 Å². The Labute approximate surface area is 106 Å². The van der Waals surface area contributed by atoms with E-state index < -0.39 is 32.9 Å². The van der Waals surface area contributed by atoms with Crippen LogP contribution >= 0.6 is 0 Å². The fourth-order valence-electron chi connectivity index (χ4n) is 2.57. The lowest BCUT2D eigenvalue weighted by molar-refractivity contribution is -0.131. The van der Waals surface area contributed by atoms with Gasteiger partial charge in [-0.1, -0.05) is 19.8 Å². The summed E-state index contributed by atoms with van der Waals surface area (Å²) in [5.41, 5.74) is 5.12. The van der Waals surface area contributed by atoms with Crippen LogP contribution in [0.5, 0.6) is 0 Å². The van der Waals surface area contributed by atoms with Crippen molar-refractivity contribution in [1.82, 2.24) is 0 Å². The number of hydrogen-bond acceptors (Lipinski definition) is 3. The molecule has 0 bridgehead atoms. The summed E-state index contributed by atoms with van der Waals surface area (Å²) in [4.78, 5) is 0. The molecule has 0 aromatic carbocycles. The zero-order chi connectivity index (χ0) is 14.0. The molecule has 3 nitrogen and oxygen atoms in total. The maximum atomic E-state index is 12.8. The summed E-state index contributed by atoms with van der Waals surface area (Å²) in [5, 5.41) is -3.16. The first-order valence-corrected chi connectivity index (χ1v) is 7.80. The van der Waals surface area contributed by atoms with Gasteiger partial charge in [0.1, 0.15) is 0 Å². The fraction of sp³-hybridized carbons (Fsp3) is 1.00. The van der Waals surface area contributed by atoms with Gasteiger partial charge in [0.05, 0.1) is 5.25 Å². The van der Waals surface area contributed by atoms with Crippen molar-refractivity contribution in [2.24, 2.45) is 11.7 Å². The molecule has 1 aliphatic carbocycles. The summed E-state index contributed by atoms with van der Waals surface area (Å²) in [7, 11) is -4.18. The number of sulfone groups is 1. The molecule has 1 aliphatic rings. The lowest BCUT2D eigenvalue weighted by Crippen LogP contribution is -2.44. The SMILES string of the molecule is CC1CCCC(S(=O)(=O)C(CCN)C(F)(F)F)C1. The molecule has 0 amide bonds. The van der Waals surface area contributed by atoms with E-state index >= 15 is 0 Å². The normalized spacial score (nSPS) is 28.1. The van der Waals surface area contributed by atoms with Crippen LogP contribution in [0.4, 0.5) is 13.2 Å². The van der Waals surface area contributed by atoms with Crippen molar-refractivity contribution in [3.8, 4) is 0 Å². The number of hydrogen-bond donors (Lipinski definition) is 1. The summed E-state index contributed by atoms with van der Waals surface area (Å²) < 4.78 is 62.6. The molecule has 0 aliphatic heterocycles. The van der Waals surface area contributed by atoms with Gasteiger partial charge in [-0.05, 0) is 31.7 Å². The van der Waals surface area contributed by atoms with Crippen LogP contribution in [-0.2, 0) is 9.84 Å². The lowest BCUT2D eigenvalue weighted by atomic mass is 9.91. The molecule has 0 saturated heterocycles. The molecule has 108 valence electrons. The van der Waals surface area contributed by atoms with E-state index in [4.69, 9.17) is 5.73 Å². The van der Waals surface area contributed by atoms with E-state index in [1.165, 1.54) is 0 Å². The smallest absolute Gasteiger partial charge is 0.330 e. The van der Waals surface area contributed by atoms with Crippen LogP contribution < -0.4 is 5.73 Å². The van der Waals surface area contributed by atoms with Crippen molar-refractivity contribution in [2.45, 2.75) is 55.7 Å². The van der Waals surface area contributed by atoms with Gasteiger partial charge in [-0.3, -0.25) is 0 Å². The van der Waals surface area contributed by atoms with E-state index in [0.717, 1.165) is 6.42 Å². The van der Waals surface area contributed by atoms with Gasteiger partial charge in [-0.15, -0.1) is 0 Å². The Morgan fingerprint density at radius 2 is 1.94 bits per heavy atom. The Hall–Kier alpha value is -0.300. The molecule has 2 N–H and O–H groups in total. The van der Waals surface area contributed by atoms with Crippen molar-refractivity contribution in [3.05, 3.63) is 0 Å². The molecule has 3 unspecified atom stereocenters. The molecular weight excluding hydrogens is 267 g/mol. The minimum atomic E-state index is -4.72. The average Bonchev–Trinajstić information content (AvgIpc) is 2.24. The maximum Gasteiger partial charge on any atom is 0.405 e. The van der Waals surface area contributed by atoms with Gasteiger partial charge in [0.15, 0.2) is 15.1 Å². The molecule has 7 heteroatoms. The number of rotatable bonds is 4. The molecular formula is C11H20F3NO2S. The number of alkyl halides is 3. The predicted octanol–water partition coefficient (Wildman–Crippen LogP) is 2.26. The minimum Gasteiger partial charge on any atom is -0.330 e. The third-order valence-electron chi connectivity index (χ3n) is 3.54. The summed E-state index contributed by atoms with van der Waals surface area (Å²) >= 11 is 0. The Kier molecular flexibility index (Phi) is 5.05. The van der Waals surface area contributed by atoms with E-state index in [9.17, 15) is 21.6 Å². The number of halogens is 3. The van der Waals surface area contributed by atoms with E-state index in [-0.39, 0.29) is 12.5 Å². The Morgan fingerprint density at radius 3 is 2.39 bits per heavy atom. The van der Waals surface area contributed by atoms with Crippen LogP contribution in [0.3, 0.4) is 0 Å². The van der Waals surface area contributed by atoms with Crippen molar-refractivity contribution in [3.63, 3.8) is 0 Å². The van der Waals surface area contributed by atoms with Crippen molar-refractivity contribution >= 4 is 9.84 Å². The summed E-state index contributed by atoms with van der Waals surface area (Å²) in [6, 6.07) is 0. The molecule has 1 saturated carbocycles. The minimum absolute atomic E-state index is 0.172. The highest BCUT2D eigenvalue weighted by atomic mass is 32.2. The number of nitrogens with two attached hydrogens (primary N) is 1. The van der Waals surface area contributed by atoms with E-state index in [1.807, 2.05) is 6.92 Å². The molecule has 0 spiro atoms. The lowest BCUT2D eigenvalue weighted by Gasteiger charge is -2.30. The second-order valence-corrected chi connectivity index (χ2v) is 7.50. The molecule has 18 heavy (non-hydrogen) atoms. The zero-order valence-electron chi connectivity index (χ0n) is 10.4. The largest absolute Gasteiger partial charge is 0.405 e. The summed E-state index contributed by atoms with van der Waals surface area (Å²) in [6.07, 6.45) is -3.03. The van der Waals surface area contributed by atoms with Gasteiger partial charge < -0.3 is 5.73 Å². The van der Waals surface area contributed by atoms with E-state index in [0.29, 0.717) is 19.3 Å². The van der Waals surface area contributed by atoms with Gasteiger partial charge in [0.25, 0.3) is 0 Å².